The minimum absolute atomic E-state index is 0.971. The molecular formula is H9N6P. The van der Waals surface area contributed by atoms with Crippen molar-refractivity contribution in [2.75, 3.05) is 0 Å². The van der Waals surface area contributed by atoms with Crippen LogP contribution in [0.25, 0.3) is 0 Å². The molecule has 0 aromatic rings. The first-order valence-electron chi connectivity index (χ1n) is 1.54. The molecule has 0 heterocycles. The van der Waals surface area contributed by atoms with E-state index in [1.54, 1.807) is 0 Å². The summed E-state index contributed by atoms with van der Waals surface area (Å²) in [5, 5.41) is 6.88. The molecule has 0 fully saturated rings. The summed E-state index contributed by atoms with van der Waals surface area (Å²) in [5.41, 5.74) is 0. The Morgan fingerprint density at radius 2 is 1.14 bits per heavy atom. The molecule has 7 heavy (non-hydrogen) atoms. The van der Waals surface area contributed by atoms with Gasteiger partial charge in [-0.25, -0.2) is 15.6 Å². The lowest BCUT2D eigenvalue weighted by atomic mass is 12.9. The summed E-state index contributed by atoms with van der Waals surface area (Å²) in [6.45, 7) is 0. The van der Waals surface area contributed by atoms with Gasteiger partial charge in [0.05, 0.1) is 0 Å². The Labute approximate surface area is 42.6 Å². The second kappa shape index (κ2) is 4.35. The number of nitrogens with one attached hydrogen (secondary N) is 3. The van der Waals surface area contributed by atoms with Crippen LogP contribution in [-0.2, 0) is 0 Å². The van der Waals surface area contributed by atoms with Gasteiger partial charge in [-0.3, -0.25) is 17.5 Å². The van der Waals surface area contributed by atoms with E-state index >= 15 is 0 Å². The third kappa shape index (κ3) is 2.84. The van der Waals surface area contributed by atoms with Crippen LogP contribution >= 0.6 is 8.37 Å². The quantitative estimate of drug-likeness (QED) is 0.142. The first-order chi connectivity index (χ1) is 3.35. The predicted octanol–water partition coefficient (Wildman–Crippen LogP) is -2.40. The Hall–Kier alpha value is 0.190. The highest BCUT2D eigenvalue weighted by Gasteiger charge is 1.93. The van der Waals surface area contributed by atoms with E-state index in [0.717, 1.165) is 0 Å². The highest BCUT2D eigenvalue weighted by Crippen LogP contribution is 2.08. The van der Waals surface area contributed by atoms with Crippen LogP contribution in [0.15, 0.2) is 0 Å². The van der Waals surface area contributed by atoms with Crippen molar-refractivity contribution in [3.8, 4) is 0 Å². The van der Waals surface area contributed by atoms with Crippen molar-refractivity contribution in [3.05, 3.63) is 0 Å². The van der Waals surface area contributed by atoms with Crippen LogP contribution in [0.1, 0.15) is 0 Å². The maximum absolute atomic E-state index is 4.89. The Morgan fingerprint density at radius 1 is 0.857 bits per heavy atom. The van der Waals surface area contributed by atoms with Crippen molar-refractivity contribution < 1.29 is 0 Å². The summed E-state index contributed by atoms with van der Waals surface area (Å²) in [5.74, 6) is 14.7. The van der Waals surface area contributed by atoms with Crippen LogP contribution in [0.4, 0.5) is 0 Å². The van der Waals surface area contributed by atoms with Crippen molar-refractivity contribution in [2.24, 2.45) is 17.5 Å². The average Bonchev–Trinajstić information content (AvgIpc) is 1.72. The molecule has 44 valence electrons. The second-order valence-corrected chi connectivity index (χ2v) is 2.17. The summed E-state index contributed by atoms with van der Waals surface area (Å²) >= 11 is 0. The number of nitrogens with two attached hydrogens (primary N) is 3. The van der Waals surface area contributed by atoms with E-state index in [4.69, 9.17) is 17.5 Å². The summed E-state index contributed by atoms with van der Waals surface area (Å²) in [6, 6.07) is 0. The lowest BCUT2D eigenvalue weighted by Crippen LogP contribution is -2.37. The zero-order valence-corrected chi connectivity index (χ0v) is 4.57. The van der Waals surface area contributed by atoms with Gasteiger partial charge in [0.25, 0.3) is 0 Å². The van der Waals surface area contributed by atoms with Gasteiger partial charge in [0.2, 0.25) is 0 Å². The van der Waals surface area contributed by atoms with Crippen LogP contribution in [0.2, 0.25) is 0 Å². The van der Waals surface area contributed by atoms with Crippen molar-refractivity contribution in [3.63, 3.8) is 0 Å². The monoisotopic (exact) mass is 124 g/mol. The van der Waals surface area contributed by atoms with Gasteiger partial charge < -0.3 is 0 Å². The molecule has 0 saturated carbocycles. The first-order valence-corrected chi connectivity index (χ1v) is 2.88. The van der Waals surface area contributed by atoms with Crippen LogP contribution in [0.3, 0.4) is 0 Å². The molecule has 0 aromatic carbocycles. The molecule has 7 heteroatoms. The maximum atomic E-state index is 4.89. The molecule has 0 aliphatic rings. The van der Waals surface area contributed by atoms with E-state index in [1.807, 2.05) is 0 Å². The van der Waals surface area contributed by atoms with E-state index in [0.29, 0.717) is 0 Å². The zero-order valence-electron chi connectivity index (χ0n) is 3.68. The lowest BCUT2D eigenvalue weighted by Gasteiger charge is -2.09. The van der Waals surface area contributed by atoms with Crippen LogP contribution in [0, 0.1) is 0 Å². The summed E-state index contributed by atoms with van der Waals surface area (Å²) in [4.78, 5) is 0. The van der Waals surface area contributed by atoms with Gasteiger partial charge in [0.15, 0.2) is 8.37 Å². The van der Waals surface area contributed by atoms with Gasteiger partial charge in [-0.05, 0) is 0 Å². The fourth-order valence-electron chi connectivity index (χ4n) is 0.112. The Kier molecular flexibility index (Phi) is 4.47. The minimum atomic E-state index is -0.971. The predicted molar refractivity (Wildman–Crippen MR) is 28.9 cm³/mol. The third-order valence-corrected chi connectivity index (χ3v) is 1.16. The van der Waals surface area contributed by atoms with Crippen molar-refractivity contribution in [1.29, 1.82) is 0 Å². The van der Waals surface area contributed by atoms with Crippen molar-refractivity contribution in [2.45, 2.75) is 0 Å². The molecule has 0 atom stereocenters. The first kappa shape index (κ1) is 7.19. The second-order valence-electron chi connectivity index (χ2n) is 0.723. The van der Waals surface area contributed by atoms with E-state index in [2.05, 4.69) is 15.6 Å². The molecule has 6 nitrogen and oxygen atoms in total. The normalized spacial score (nSPS) is 10.3. The molecule has 0 bridgehead atoms. The number of hydrogen-bond acceptors (Lipinski definition) is 6. The highest BCUT2D eigenvalue weighted by molar-refractivity contribution is 7.50. The Bertz CT molecular complexity index is 25.7. The average molecular weight is 124 g/mol. The third-order valence-electron chi connectivity index (χ3n) is 0.387. The summed E-state index contributed by atoms with van der Waals surface area (Å²) in [7, 11) is -0.971. The Morgan fingerprint density at radius 3 is 1.14 bits per heavy atom. The SMILES string of the molecule is NNP(NN)NN. The molecule has 0 radical (unpaired) electrons. The fraction of sp³-hybridized carbons (Fsp3) is 0. The zero-order chi connectivity index (χ0) is 5.70. The van der Waals surface area contributed by atoms with Gasteiger partial charge in [0, 0.05) is 0 Å². The van der Waals surface area contributed by atoms with E-state index in [1.165, 1.54) is 0 Å². The topological polar surface area (TPSA) is 114 Å². The van der Waals surface area contributed by atoms with Gasteiger partial charge in [0.1, 0.15) is 0 Å². The van der Waals surface area contributed by atoms with Crippen molar-refractivity contribution >= 4 is 8.37 Å². The molecule has 0 unspecified atom stereocenters. The maximum Gasteiger partial charge on any atom is 0.154 e. The molecule has 0 aliphatic carbocycles. The van der Waals surface area contributed by atoms with Gasteiger partial charge >= 0.3 is 0 Å². The molecule has 0 aliphatic heterocycles. The van der Waals surface area contributed by atoms with Crippen LogP contribution in [0.5, 0.6) is 0 Å². The Balaban J connectivity index is 2.99. The molecule has 0 aromatic heterocycles. The highest BCUT2D eigenvalue weighted by atomic mass is 31.1. The van der Waals surface area contributed by atoms with Gasteiger partial charge in [-0.15, -0.1) is 0 Å². The van der Waals surface area contributed by atoms with Gasteiger partial charge in [-0.1, -0.05) is 0 Å². The number of rotatable bonds is 3. The van der Waals surface area contributed by atoms with E-state index in [9.17, 15) is 0 Å². The minimum Gasteiger partial charge on any atom is -0.266 e. The fourth-order valence-corrected chi connectivity index (χ4v) is 0.335. The van der Waals surface area contributed by atoms with Crippen LogP contribution < -0.4 is 33.1 Å². The molecule has 0 spiro atoms. The molecule has 0 saturated heterocycles. The molecule has 9 N–H and O–H groups in total. The molecular weight excluding hydrogens is 115 g/mol. The molecule has 0 amide bonds. The van der Waals surface area contributed by atoms with Crippen molar-refractivity contribution in [1.82, 2.24) is 15.6 Å². The summed E-state index contributed by atoms with van der Waals surface area (Å²) in [6.07, 6.45) is 0. The standard InChI is InChI=1S/H9N6P/c1-4-7(5-2)6-3/h4-6H,1-3H2. The molecule has 0 rings (SSSR count). The van der Waals surface area contributed by atoms with Crippen LogP contribution in [-0.4, -0.2) is 0 Å². The smallest absolute Gasteiger partial charge is 0.154 e. The largest absolute Gasteiger partial charge is 0.266 e. The lowest BCUT2D eigenvalue weighted by molar-refractivity contribution is 0.925. The van der Waals surface area contributed by atoms with E-state index < -0.39 is 8.37 Å². The number of hydrogen-bond donors (Lipinski definition) is 6. The number of hydrazine groups is 3. The van der Waals surface area contributed by atoms with E-state index in [-0.39, 0.29) is 0 Å². The van der Waals surface area contributed by atoms with Gasteiger partial charge in [-0.2, -0.15) is 0 Å². The summed E-state index contributed by atoms with van der Waals surface area (Å²) < 4.78 is 0.